The van der Waals surface area contributed by atoms with Gasteiger partial charge in [0.2, 0.25) is 0 Å². The highest BCUT2D eigenvalue weighted by molar-refractivity contribution is 4.97. The number of nitrogens with one attached hydrogen (secondary N) is 1. The van der Waals surface area contributed by atoms with Crippen molar-refractivity contribution in [3.8, 4) is 0 Å². The van der Waals surface area contributed by atoms with Crippen molar-refractivity contribution in [2.45, 2.75) is 70.4 Å². The summed E-state index contributed by atoms with van der Waals surface area (Å²) in [6.45, 7) is 7.60. The van der Waals surface area contributed by atoms with Crippen molar-refractivity contribution in [1.82, 2.24) is 5.32 Å². The first kappa shape index (κ1) is 12.0. The van der Waals surface area contributed by atoms with E-state index in [0.29, 0.717) is 5.54 Å². The zero-order chi connectivity index (χ0) is 10.7. The summed E-state index contributed by atoms with van der Waals surface area (Å²) in [6.07, 6.45) is 7.59. The van der Waals surface area contributed by atoms with Crippen molar-refractivity contribution >= 4 is 0 Å². The highest BCUT2D eigenvalue weighted by Gasteiger charge is 2.35. The monoisotopic (exact) mass is 198 g/mol. The topological polar surface area (TPSA) is 38.0 Å². The van der Waals surface area contributed by atoms with Crippen LogP contribution in [0.25, 0.3) is 0 Å². The van der Waals surface area contributed by atoms with Crippen LogP contribution in [0.3, 0.4) is 0 Å². The molecule has 0 saturated heterocycles. The van der Waals surface area contributed by atoms with Gasteiger partial charge in [-0.1, -0.05) is 20.3 Å². The molecule has 1 aliphatic rings. The van der Waals surface area contributed by atoms with Gasteiger partial charge in [-0.3, -0.25) is 0 Å². The lowest BCUT2D eigenvalue weighted by Gasteiger charge is -2.44. The average Bonchev–Trinajstić information content (AvgIpc) is 2.03. The number of rotatable bonds is 6. The van der Waals surface area contributed by atoms with Crippen LogP contribution in [-0.4, -0.2) is 17.6 Å². The maximum atomic E-state index is 6.21. The summed E-state index contributed by atoms with van der Waals surface area (Å²) in [5.41, 5.74) is 6.62. The summed E-state index contributed by atoms with van der Waals surface area (Å²) < 4.78 is 0. The zero-order valence-corrected chi connectivity index (χ0v) is 10.0. The van der Waals surface area contributed by atoms with E-state index in [1.165, 1.54) is 32.1 Å². The van der Waals surface area contributed by atoms with Gasteiger partial charge in [-0.25, -0.2) is 0 Å². The quantitative estimate of drug-likeness (QED) is 0.688. The third kappa shape index (κ3) is 2.96. The highest BCUT2D eigenvalue weighted by Crippen LogP contribution is 2.34. The first-order chi connectivity index (χ1) is 6.54. The standard InChI is InChI=1S/C12H26N2/c1-4-7-11(3,13)10-14-12(5-2)8-6-9-12/h14H,4-10,13H2,1-3H3. The van der Waals surface area contributed by atoms with Crippen molar-refractivity contribution in [2.24, 2.45) is 5.73 Å². The van der Waals surface area contributed by atoms with Gasteiger partial charge in [0, 0.05) is 17.6 Å². The minimum absolute atomic E-state index is 0.0213. The highest BCUT2D eigenvalue weighted by atomic mass is 15.0. The Labute approximate surface area is 88.6 Å². The zero-order valence-electron chi connectivity index (χ0n) is 10.0. The fourth-order valence-electron chi connectivity index (χ4n) is 2.31. The summed E-state index contributed by atoms with van der Waals surface area (Å²) in [4.78, 5) is 0. The molecule has 2 heteroatoms. The molecule has 0 amide bonds. The van der Waals surface area contributed by atoms with E-state index in [2.05, 4.69) is 26.1 Å². The molecule has 0 aliphatic heterocycles. The number of hydrogen-bond acceptors (Lipinski definition) is 2. The molecule has 0 aromatic carbocycles. The third-order valence-corrected chi connectivity index (χ3v) is 3.68. The Morgan fingerprint density at radius 1 is 1.36 bits per heavy atom. The van der Waals surface area contributed by atoms with E-state index in [1.807, 2.05) is 0 Å². The molecule has 1 fully saturated rings. The summed E-state index contributed by atoms with van der Waals surface area (Å²) >= 11 is 0. The lowest BCUT2D eigenvalue weighted by molar-refractivity contribution is 0.163. The second-order valence-electron chi connectivity index (χ2n) is 5.25. The van der Waals surface area contributed by atoms with Gasteiger partial charge in [-0.2, -0.15) is 0 Å². The predicted molar refractivity (Wildman–Crippen MR) is 62.4 cm³/mol. The lowest BCUT2D eigenvalue weighted by atomic mass is 9.74. The van der Waals surface area contributed by atoms with Crippen LogP contribution in [0.1, 0.15) is 59.3 Å². The molecule has 3 N–H and O–H groups in total. The van der Waals surface area contributed by atoms with Crippen molar-refractivity contribution < 1.29 is 0 Å². The number of hydrogen-bond donors (Lipinski definition) is 2. The summed E-state index contributed by atoms with van der Waals surface area (Å²) in [6, 6.07) is 0. The molecule has 0 bridgehead atoms. The van der Waals surface area contributed by atoms with Gasteiger partial charge in [-0.15, -0.1) is 0 Å². The molecule has 0 aromatic heterocycles. The lowest BCUT2D eigenvalue weighted by Crippen LogP contribution is -2.57. The summed E-state index contributed by atoms with van der Waals surface area (Å²) in [5.74, 6) is 0. The van der Waals surface area contributed by atoms with E-state index in [1.54, 1.807) is 0 Å². The van der Waals surface area contributed by atoms with Crippen LogP contribution in [0.5, 0.6) is 0 Å². The SMILES string of the molecule is CCCC(C)(N)CNC1(CC)CCC1. The molecule has 0 radical (unpaired) electrons. The van der Waals surface area contributed by atoms with E-state index < -0.39 is 0 Å². The normalized spacial score (nSPS) is 24.0. The van der Waals surface area contributed by atoms with E-state index >= 15 is 0 Å². The fourth-order valence-corrected chi connectivity index (χ4v) is 2.31. The van der Waals surface area contributed by atoms with Gasteiger partial charge in [0.25, 0.3) is 0 Å². The summed E-state index contributed by atoms with van der Waals surface area (Å²) in [7, 11) is 0. The summed E-state index contributed by atoms with van der Waals surface area (Å²) in [5, 5.41) is 3.68. The first-order valence-electron chi connectivity index (χ1n) is 6.07. The maximum Gasteiger partial charge on any atom is 0.0252 e. The van der Waals surface area contributed by atoms with Gasteiger partial charge >= 0.3 is 0 Å². The predicted octanol–water partition coefficient (Wildman–Crippen LogP) is 2.43. The smallest absolute Gasteiger partial charge is 0.0252 e. The van der Waals surface area contributed by atoms with Gasteiger partial charge < -0.3 is 11.1 Å². The first-order valence-corrected chi connectivity index (χ1v) is 6.07. The van der Waals surface area contributed by atoms with Gasteiger partial charge in [0.05, 0.1) is 0 Å². The van der Waals surface area contributed by atoms with Crippen LogP contribution in [0.2, 0.25) is 0 Å². The molecule has 84 valence electrons. The Bertz CT molecular complexity index is 166. The molecule has 1 saturated carbocycles. The molecule has 0 aromatic rings. The van der Waals surface area contributed by atoms with Crippen LogP contribution in [0.4, 0.5) is 0 Å². The maximum absolute atomic E-state index is 6.21. The second kappa shape index (κ2) is 4.63. The minimum atomic E-state index is -0.0213. The van der Waals surface area contributed by atoms with E-state index in [9.17, 15) is 0 Å². The molecule has 1 unspecified atom stereocenters. The Kier molecular flexibility index (Phi) is 3.96. The van der Waals surface area contributed by atoms with Crippen molar-refractivity contribution in [2.75, 3.05) is 6.54 Å². The van der Waals surface area contributed by atoms with E-state index in [-0.39, 0.29) is 5.54 Å². The van der Waals surface area contributed by atoms with E-state index in [0.717, 1.165) is 13.0 Å². The van der Waals surface area contributed by atoms with Crippen LogP contribution in [0.15, 0.2) is 0 Å². The molecular formula is C12H26N2. The van der Waals surface area contributed by atoms with Gasteiger partial charge in [-0.05, 0) is 39.0 Å². The fraction of sp³-hybridized carbons (Fsp3) is 1.00. The third-order valence-electron chi connectivity index (χ3n) is 3.68. The van der Waals surface area contributed by atoms with Crippen LogP contribution in [-0.2, 0) is 0 Å². The van der Waals surface area contributed by atoms with E-state index in [4.69, 9.17) is 5.73 Å². The molecule has 14 heavy (non-hydrogen) atoms. The van der Waals surface area contributed by atoms with Gasteiger partial charge in [0.15, 0.2) is 0 Å². The molecule has 1 aliphatic carbocycles. The Hall–Kier alpha value is -0.0800. The molecule has 2 nitrogen and oxygen atoms in total. The Morgan fingerprint density at radius 2 is 2.00 bits per heavy atom. The second-order valence-corrected chi connectivity index (χ2v) is 5.25. The van der Waals surface area contributed by atoms with Crippen molar-refractivity contribution in [3.05, 3.63) is 0 Å². The Balaban J connectivity index is 2.31. The average molecular weight is 198 g/mol. The van der Waals surface area contributed by atoms with Crippen molar-refractivity contribution in [1.29, 1.82) is 0 Å². The largest absolute Gasteiger partial charge is 0.324 e. The molecular weight excluding hydrogens is 172 g/mol. The molecule has 0 heterocycles. The molecule has 1 atom stereocenters. The van der Waals surface area contributed by atoms with Crippen LogP contribution < -0.4 is 11.1 Å². The van der Waals surface area contributed by atoms with Crippen LogP contribution in [0, 0.1) is 0 Å². The van der Waals surface area contributed by atoms with Crippen molar-refractivity contribution in [3.63, 3.8) is 0 Å². The molecule has 0 spiro atoms. The number of nitrogens with two attached hydrogens (primary N) is 1. The minimum Gasteiger partial charge on any atom is -0.324 e. The van der Waals surface area contributed by atoms with Gasteiger partial charge in [0.1, 0.15) is 0 Å². The Morgan fingerprint density at radius 3 is 2.36 bits per heavy atom. The molecule has 1 rings (SSSR count). The van der Waals surface area contributed by atoms with Crippen LogP contribution >= 0.6 is 0 Å².